The molecule has 4 aromatic carbocycles. The van der Waals surface area contributed by atoms with Gasteiger partial charge in [-0.3, -0.25) is 0 Å². The molecule has 0 saturated heterocycles. The summed E-state index contributed by atoms with van der Waals surface area (Å²) in [4.78, 5) is 0. The summed E-state index contributed by atoms with van der Waals surface area (Å²) >= 11 is 7.76. The average molecular weight is 519 g/mol. The van der Waals surface area contributed by atoms with Gasteiger partial charge >= 0.3 is 0 Å². The Balaban J connectivity index is 1.35. The highest BCUT2D eigenvalue weighted by molar-refractivity contribution is 7.38. The van der Waals surface area contributed by atoms with Crippen molar-refractivity contribution in [2.24, 2.45) is 0 Å². The summed E-state index contributed by atoms with van der Waals surface area (Å²) in [5.74, 6) is 0. The molecule has 4 heterocycles. The predicted molar refractivity (Wildman–Crippen MR) is 163 cm³/mol. The third kappa shape index (κ3) is 2.88. The molecule has 4 aromatic heterocycles. The number of fused-ring (bicyclic) bond motifs is 10. The van der Waals surface area contributed by atoms with Gasteiger partial charge in [0, 0.05) is 40.3 Å². The van der Waals surface area contributed by atoms with E-state index < -0.39 is 0 Å². The second-order valence-electron chi connectivity index (χ2n) is 9.14. The fourth-order valence-corrected chi connectivity index (χ4v) is 10.5. The standard InChI is InChI=1S/C31H18S4/c1-16(2)18-8-10-20-24(12-18)32-30-22-14-27-23(15-26(22)34-28(20)30)31-29(35-27)21-11-9-19(13-25(21)33-31)17-6-4-3-5-7-17/h3-15H,1H2,2H3. The Morgan fingerprint density at radius 2 is 1.03 bits per heavy atom. The summed E-state index contributed by atoms with van der Waals surface area (Å²) in [7, 11) is 0. The zero-order chi connectivity index (χ0) is 23.3. The second kappa shape index (κ2) is 7.25. The van der Waals surface area contributed by atoms with E-state index in [0.717, 1.165) is 5.57 Å². The van der Waals surface area contributed by atoms with Gasteiger partial charge in [-0.15, -0.1) is 45.3 Å². The molecule has 0 spiro atoms. The van der Waals surface area contributed by atoms with Crippen molar-refractivity contribution in [2.75, 3.05) is 0 Å². The molecular weight excluding hydrogens is 501 g/mol. The lowest BCUT2D eigenvalue weighted by Gasteiger charge is -2.01. The van der Waals surface area contributed by atoms with Crippen molar-refractivity contribution >= 4 is 110 Å². The molecule has 0 atom stereocenters. The first kappa shape index (κ1) is 20.2. The zero-order valence-corrected chi connectivity index (χ0v) is 22.1. The Labute approximate surface area is 218 Å². The Kier molecular flexibility index (Phi) is 4.18. The van der Waals surface area contributed by atoms with Crippen LogP contribution < -0.4 is 0 Å². The summed E-state index contributed by atoms with van der Waals surface area (Å²) in [6.07, 6.45) is 0. The van der Waals surface area contributed by atoms with E-state index in [9.17, 15) is 0 Å². The lowest BCUT2D eigenvalue weighted by atomic mass is 10.1. The number of hydrogen-bond acceptors (Lipinski definition) is 4. The third-order valence-electron chi connectivity index (χ3n) is 6.88. The Morgan fingerprint density at radius 1 is 0.514 bits per heavy atom. The minimum absolute atomic E-state index is 1.12. The number of thiophene rings is 4. The molecule has 0 nitrogen and oxygen atoms in total. The van der Waals surface area contributed by atoms with Gasteiger partial charge in [0.2, 0.25) is 0 Å². The van der Waals surface area contributed by atoms with E-state index in [1.165, 1.54) is 75.8 Å². The van der Waals surface area contributed by atoms with E-state index in [1.54, 1.807) is 0 Å². The summed E-state index contributed by atoms with van der Waals surface area (Å²) in [6, 6.07) is 29.3. The quantitative estimate of drug-likeness (QED) is 0.213. The van der Waals surface area contributed by atoms with E-state index in [1.807, 2.05) is 45.3 Å². The van der Waals surface area contributed by atoms with Gasteiger partial charge in [-0.1, -0.05) is 66.7 Å². The molecule has 0 aliphatic carbocycles. The molecule has 35 heavy (non-hydrogen) atoms. The first-order valence-electron chi connectivity index (χ1n) is 11.5. The lowest BCUT2D eigenvalue weighted by molar-refractivity contribution is 1.64. The van der Waals surface area contributed by atoms with E-state index in [-0.39, 0.29) is 0 Å². The Bertz CT molecular complexity index is 2130. The van der Waals surface area contributed by atoms with E-state index in [0.29, 0.717) is 0 Å². The van der Waals surface area contributed by atoms with Gasteiger partial charge in [0.25, 0.3) is 0 Å². The number of rotatable bonds is 2. The highest BCUT2D eigenvalue weighted by Crippen LogP contribution is 2.50. The van der Waals surface area contributed by atoms with Crippen LogP contribution in [0, 0.1) is 0 Å². The van der Waals surface area contributed by atoms with Crippen LogP contribution in [0.2, 0.25) is 0 Å². The van der Waals surface area contributed by atoms with Crippen LogP contribution in [0.1, 0.15) is 12.5 Å². The van der Waals surface area contributed by atoms with Gasteiger partial charge < -0.3 is 0 Å². The monoisotopic (exact) mass is 518 g/mol. The van der Waals surface area contributed by atoms with Crippen LogP contribution >= 0.6 is 45.3 Å². The van der Waals surface area contributed by atoms with Crippen LogP contribution in [0.15, 0.2) is 85.4 Å². The maximum atomic E-state index is 4.12. The molecule has 0 aliphatic heterocycles. The molecule has 0 unspecified atom stereocenters. The molecule has 0 fully saturated rings. The molecular formula is C31H18S4. The maximum Gasteiger partial charge on any atom is 0.0542 e. The maximum absolute atomic E-state index is 4.12. The molecule has 8 rings (SSSR count). The van der Waals surface area contributed by atoms with E-state index in [2.05, 4.69) is 92.4 Å². The van der Waals surface area contributed by atoms with Gasteiger partial charge in [-0.2, -0.15) is 0 Å². The predicted octanol–water partition coefficient (Wildman–Crippen LogP) is 11.6. The summed E-state index contributed by atoms with van der Waals surface area (Å²) in [5, 5.41) is 5.57. The van der Waals surface area contributed by atoms with Crippen LogP contribution in [0.4, 0.5) is 0 Å². The molecule has 0 saturated carbocycles. The summed E-state index contributed by atoms with van der Waals surface area (Å²) < 4.78 is 11.2. The smallest absolute Gasteiger partial charge is 0.0542 e. The van der Waals surface area contributed by atoms with Crippen LogP contribution in [0.25, 0.3) is 75.8 Å². The van der Waals surface area contributed by atoms with Gasteiger partial charge in [-0.05, 0) is 47.9 Å². The third-order valence-corrected chi connectivity index (χ3v) is 11.9. The van der Waals surface area contributed by atoms with Crippen molar-refractivity contribution in [3.8, 4) is 11.1 Å². The first-order valence-corrected chi connectivity index (χ1v) is 14.8. The minimum Gasteiger partial charge on any atom is -0.134 e. The van der Waals surface area contributed by atoms with E-state index >= 15 is 0 Å². The average Bonchev–Trinajstić information content (AvgIpc) is 3.60. The van der Waals surface area contributed by atoms with Crippen molar-refractivity contribution in [1.29, 1.82) is 0 Å². The summed E-state index contributed by atoms with van der Waals surface area (Å²) in [5.41, 5.74) is 4.92. The second-order valence-corrected chi connectivity index (χ2v) is 13.3. The van der Waals surface area contributed by atoms with Crippen molar-refractivity contribution in [3.63, 3.8) is 0 Å². The first-order chi connectivity index (χ1) is 17.1. The molecule has 166 valence electrons. The molecule has 0 amide bonds. The van der Waals surface area contributed by atoms with Gasteiger partial charge in [0.1, 0.15) is 0 Å². The largest absolute Gasteiger partial charge is 0.134 e. The molecule has 0 bridgehead atoms. The molecule has 0 radical (unpaired) electrons. The minimum atomic E-state index is 1.12. The highest BCUT2D eigenvalue weighted by Gasteiger charge is 2.17. The van der Waals surface area contributed by atoms with Crippen LogP contribution in [-0.4, -0.2) is 0 Å². The van der Waals surface area contributed by atoms with Crippen molar-refractivity contribution in [2.45, 2.75) is 6.92 Å². The summed E-state index contributed by atoms with van der Waals surface area (Å²) in [6.45, 7) is 6.21. The molecule has 4 heteroatoms. The number of benzene rings is 4. The van der Waals surface area contributed by atoms with Crippen molar-refractivity contribution < 1.29 is 0 Å². The zero-order valence-electron chi connectivity index (χ0n) is 18.8. The number of hydrogen-bond donors (Lipinski definition) is 0. The van der Waals surface area contributed by atoms with Crippen molar-refractivity contribution in [1.82, 2.24) is 0 Å². The Hall–Kier alpha value is -3.02. The fourth-order valence-electron chi connectivity index (χ4n) is 5.08. The molecule has 0 aliphatic rings. The van der Waals surface area contributed by atoms with Gasteiger partial charge in [0.05, 0.1) is 18.8 Å². The highest BCUT2D eigenvalue weighted by atomic mass is 32.1. The topological polar surface area (TPSA) is 0 Å². The normalized spacial score (nSPS) is 12.3. The molecule has 0 N–H and O–H groups in total. The van der Waals surface area contributed by atoms with Gasteiger partial charge in [-0.25, -0.2) is 0 Å². The van der Waals surface area contributed by atoms with Crippen LogP contribution in [0.5, 0.6) is 0 Å². The van der Waals surface area contributed by atoms with Crippen molar-refractivity contribution in [3.05, 3.63) is 91.0 Å². The fraction of sp³-hybridized carbons (Fsp3) is 0.0323. The van der Waals surface area contributed by atoms with Crippen LogP contribution in [-0.2, 0) is 0 Å². The SMILES string of the molecule is C=C(C)c1ccc2c(c1)sc1c3cc4sc5c6ccc(-c7ccccc7)cc6sc5c4cc3sc21. The number of allylic oxidation sites excluding steroid dienone is 1. The Morgan fingerprint density at radius 3 is 1.63 bits per heavy atom. The van der Waals surface area contributed by atoms with E-state index in [4.69, 9.17) is 0 Å². The van der Waals surface area contributed by atoms with Crippen LogP contribution in [0.3, 0.4) is 0 Å². The lowest BCUT2D eigenvalue weighted by Crippen LogP contribution is -1.75. The molecule has 8 aromatic rings. The van der Waals surface area contributed by atoms with Gasteiger partial charge in [0.15, 0.2) is 0 Å².